The first kappa shape index (κ1) is 9.51. The number of halogens is 1. The molecule has 1 rings (SSSR count). The standard InChI is InChI=1S/C9H10FNO2/c1-11(2)8-4-6(9(12)13)3-7(10)5-8/h3-5H,1-2H3,(H,12,13). The summed E-state index contributed by atoms with van der Waals surface area (Å²) in [7, 11) is 3.45. The molecule has 0 saturated carbocycles. The molecule has 13 heavy (non-hydrogen) atoms. The van der Waals surface area contributed by atoms with Crippen LogP contribution in [0.15, 0.2) is 18.2 Å². The predicted molar refractivity (Wildman–Crippen MR) is 47.7 cm³/mol. The second kappa shape index (κ2) is 3.43. The van der Waals surface area contributed by atoms with Crippen molar-refractivity contribution in [2.45, 2.75) is 0 Å². The molecule has 0 amide bonds. The van der Waals surface area contributed by atoms with Crippen molar-refractivity contribution in [1.29, 1.82) is 0 Å². The maximum absolute atomic E-state index is 12.9. The van der Waals surface area contributed by atoms with Gasteiger partial charge in [-0.05, 0) is 18.2 Å². The Morgan fingerprint density at radius 3 is 2.46 bits per heavy atom. The monoisotopic (exact) mass is 183 g/mol. The maximum Gasteiger partial charge on any atom is 0.335 e. The smallest absolute Gasteiger partial charge is 0.335 e. The van der Waals surface area contributed by atoms with Gasteiger partial charge in [-0.15, -0.1) is 0 Å². The van der Waals surface area contributed by atoms with Crippen LogP contribution in [0.1, 0.15) is 10.4 Å². The molecule has 0 aromatic heterocycles. The Balaban J connectivity index is 3.19. The van der Waals surface area contributed by atoms with Crippen LogP contribution in [0.4, 0.5) is 10.1 Å². The van der Waals surface area contributed by atoms with E-state index in [2.05, 4.69) is 0 Å². The summed E-state index contributed by atoms with van der Waals surface area (Å²) in [6.07, 6.45) is 0. The molecule has 0 aliphatic rings. The van der Waals surface area contributed by atoms with Crippen molar-refractivity contribution >= 4 is 11.7 Å². The largest absolute Gasteiger partial charge is 0.478 e. The number of carboxylic acid groups (broad SMARTS) is 1. The first-order chi connectivity index (χ1) is 6.00. The predicted octanol–water partition coefficient (Wildman–Crippen LogP) is 1.59. The second-order valence-corrected chi connectivity index (χ2v) is 2.90. The minimum atomic E-state index is -1.12. The summed E-state index contributed by atoms with van der Waals surface area (Å²) in [6.45, 7) is 0. The molecule has 0 heterocycles. The van der Waals surface area contributed by atoms with Crippen molar-refractivity contribution < 1.29 is 14.3 Å². The van der Waals surface area contributed by atoms with E-state index in [4.69, 9.17) is 5.11 Å². The number of aromatic carboxylic acids is 1. The molecule has 0 fully saturated rings. The number of hydrogen-bond acceptors (Lipinski definition) is 2. The lowest BCUT2D eigenvalue weighted by molar-refractivity contribution is 0.0696. The summed E-state index contributed by atoms with van der Waals surface area (Å²) in [4.78, 5) is 12.2. The molecule has 4 heteroatoms. The van der Waals surface area contributed by atoms with Crippen LogP contribution in [0.3, 0.4) is 0 Å². The average molecular weight is 183 g/mol. The molecule has 0 radical (unpaired) electrons. The minimum absolute atomic E-state index is 0.0382. The van der Waals surface area contributed by atoms with Crippen molar-refractivity contribution in [2.24, 2.45) is 0 Å². The van der Waals surface area contributed by atoms with Crippen LogP contribution in [-0.2, 0) is 0 Å². The van der Waals surface area contributed by atoms with Crippen molar-refractivity contribution in [1.82, 2.24) is 0 Å². The number of carboxylic acids is 1. The van der Waals surface area contributed by atoms with Gasteiger partial charge in [0.1, 0.15) is 5.82 Å². The highest BCUT2D eigenvalue weighted by Crippen LogP contribution is 2.16. The minimum Gasteiger partial charge on any atom is -0.478 e. The van der Waals surface area contributed by atoms with Crippen LogP contribution >= 0.6 is 0 Å². The Morgan fingerprint density at radius 1 is 1.38 bits per heavy atom. The number of anilines is 1. The second-order valence-electron chi connectivity index (χ2n) is 2.90. The number of benzene rings is 1. The fourth-order valence-electron chi connectivity index (χ4n) is 0.956. The van der Waals surface area contributed by atoms with Crippen molar-refractivity contribution in [3.8, 4) is 0 Å². The highest BCUT2D eigenvalue weighted by molar-refractivity contribution is 5.88. The van der Waals surface area contributed by atoms with Gasteiger partial charge in [-0.25, -0.2) is 9.18 Å². The van der Waals surface area contributed by atoms with Gasteiger partial charge in [0.25, 0.3) is 0 Å². The molecule has 0 aliphatic carbocycles. The zero-order valence-corrected chi connectivity index (χ0v) is 7.41. The van der Waals surface area contributed by atoms with Gasteiger partial charge >= 0.3 is 5.97 Å². The Bertz CT molecular complexity index is 336. The summed E-state index contributed by atoms with van der Waals surface area (Å²) >= 11 is 0. The van der Waals surface area contributed by atoms with E-state index < -0.39 is 11.8 Å². The quantitative estimate of drug-likeness (QED) is 0.756. The van der Waals surface area contributed by atoms with Crippen LogP contribution < -0.4 is 4.90 Å². The Labute approximate surface area is 75.4 Å². The highest BCUT2D eigenvalue weighted by Gasteiger charge is 2.07. The molecular weight excluding hydrogens is 173 g/mol. The third-order valence-corrected chi connectivity index (χ3v) is 1.65. The fraction of sp³-hybridized carbons (Fsp3) is 0.222. The maximum atomic E-state index is 12.9. The third-order valence-electron chi connectivity index (χ3n) is 1.65. The Morgan fingerprint density at radius 2 is 2.00 bits per heavy atom. The van der Waals surface area contributed by atoms with Crippen LogP contribution in [0.2, 0.25) is 0 Å². The van der Waals surface area contributed by atoms with E-state index in [1.807, 2.05) is 0 Å². The van der Waals surface area contributed by atoms with E-state index in [0.29, 0.717) is 5.69 Å². The summed E-state index contributed by atoms with van der Waals surface area (Å²) in [5.74, 6) is -1.66. The van der Waals surface area contributed by atoms with Crippen LogP contribution in [-0.4, -0.2) is 25.2 Å². The van der Waals surface area contributed by atoms with E-state index in [-0.39, 0.29) is 5.56 Å². The van der Waals surface area contributed by atoms with Crippen LogP contribution in [0.25, 0.3) is 0 Å². The summed E-state index contributed by atoms with van der Waals surface area (Å²) in [6, 6.07) is 3.70. The summed E-state index contributed by atoms with van der Waals surface area (Å²) in [5, 5.41) is 8.63. The number of hydrogen-bond donors (Lipinski definition) is 1. The zero-order valence-electron chi connectivity index (χ0n) is 7.41. The SMILES string of the molecule is CN(C)c1cc(F)cc(C(=O)O)c1. The molecular formula is C9H10FNO2. The number of carbonyl (C=O) groups is 1. The first-order valence-electron chi connectivity index (χ1n) is 3.72. The first-order valence-corrected chi connectivity index (χ1v) is 3.72. The Kier molecular flexibility index (Phi) is 2.51. The number of nitrogens with zero attached hydrogens (tertiary/aromatic N) is 1. The molecule has 1 aromatic rings. The van der Waals surface area contributed by atoms with Gasteiger partial charge in [-0.3, -0.25) is 0 Å². The molecule has 1 aromatic carbocycles. The normalized spacial score (nSPS) is 9.77. The molecule has 0 saturated heterocycles. The van der Waals surface area contributed by atoms with E-state index in [1.54, 1.807) is 19.0 Å². The molecule has 0 bridgehead atoms. The average Bonchev–Trinajstić information content (AvgIpc) is 2.03. The molecule has 1 N–H and O–H groups in total. The van der Waals surface area contributed by atoms with Crippen molar-refractivity contribution in [2.75, 3.05) is 19.0 Å². The van der Waals surface area contributed by atoms with Crippen LogP contribution in [0.5, 0.6) is 0 Å². The van der Waals surface area contributed by atoms with Gasteiger partial charge in [0.15, 0.2) is 0 Å². The van der Waals surface area contributed by atoms with Gasteiger partial charge in [0.2, 0.25) is 0 Å². The van der Waals surface area contributed by atoms with Gasteiger partial charge < -0.3 is 10.0 Å². The third kappa shape index (κ3) is 2.18. The lowest BCUT2D eigenvalue weighted by Gasteiger charge is -2.12. The number of rotatable bonds is 2. The molecule has 70 valence electrons. The van der Waals surface area contributed by atoms with Crippen LogP contribution in [0, 0.1) is 5.82 Å². The molecule has 0 atom stereocenters. The van der Waals surface area contributed by atoms with Gasteiger partial charge in [-0.2, -0.15) is 0 Å². The summed E-state index contributed by atoms with van der Waals surface area (Å²) in [5.41, 5.74) is 0.501. The van der Waals surface area contributed by atoms with E-state index in [1.165, 1.54) is 12.1 Å². The van der Waals surface area contributed by atoms with Crippen molar-refractivity contribution in [3.63, 3.8) is 0 Å². The molecule has 0 spiro atoms. The van der Waals surface area contributed by atoms with E-state index in [0.717, 1.165) is 6.07 Å². The fourth-order valence-corrected chi connectivity index (χ4v) is 0.956. The lowest BCUT2D eigenvalue weighted by atomic mass is 10.2. The Hall–Kier alpha value is -1.58. The zero-order chi connectivity index (χ0) is 10.0. The van der Waals surface area contributed by atoms with Gasteiger partial charge in [0.05, 0.1) is 5.56 Å². The molecule has 0 unspecified atom stereocenters. The van der Waals surface area contributed by atoms with Gasteiger partial charge in [0, 0.05) is 19.8 Å². The molecule has 0 aliphatic heterocycles. The molecule has 3 nitrogen and oxygen atoms in total. The van der Waals surface area contributed by atoms with Gasteiger partial charge in [-0.1, -0.05) is 0 Å². The lowest BCUT2D eigenvalue weighted by Crippen LogP contribution is -2.10. The highest BCUT2D eigenvalue weighted by atomic mass is 19.1. The topological polar surface area (TPSA) is 40.5 Å². The van der Waals surface area contributed by atoms with E-state index >= 15 is 0 Å². The summed E-state index contributed by atoms with van der Waals surface area (Å²) < 4.78 is 12.9. The van der Waals surface area contributed by atoms with Crippen molar-refractivity contribution in [3.05, 3.63) is 29.6 Å². The van der Waals surface area contributed by atoms with E-state index in [9.17, 15) is 9.18 Å².